The summed E-state index contributed by atoms with van der Waals surface area (Å²) < 4.78 is 24.9. The minimum Gasteiger partial charge on any atom is -0.481 e. The number of halogens is 1. The van der Waals surface area contributed by atoms with Crippen LogP contribution in [0.5, 0.6) is 0 Å². The molecule has 0 fully saturated rings. The van der Waals surface area contributed by atoms with Gasteiger partial charge in [0.1, 0.15) is 0 Å². The Balaban J connectivity index is 3.16. The van der Waals surface area contributed by atoms with E-state index in [9.17, 15) is 13.2 Å². The van der Waals surface area contributed by atoms with Crippen LogP contribution in [0.25, 0.3) is 0 Å². The summed E-state index contributed by atoms with van der Waals surface area (Å²) in [7, 11) is -3.62. The number of hydrogen-bond donors (Lipinski definition) is 1. The van der Waals surface area contributed by atoms with Crippen LogP contribution in [0.4, 0.5) is 0 Å². The van der Waals surface area contributed by atoms with Crippen molar-refractivity contribution in [3.05, 3.63) is 28.7 Å². The van der Waals surface area contributed by atoms with Gasteiger partial charge in [0.15, 0.2) is 9.84 Å². The molecule has 2 unspecified atom stereocenters. The first kappa shape index (κ1) is 14.2. The molecule has 0 aromatic heterocycles. The lowest BCUT2D eigenvalue weighted by molar-refractivity contribution is -0.141. The standard InChI is InChI=1S/C11H13BrO4S/c1-7(11(13)14)8(2)17(15,16)10-5-3-4-9(12)6-10/h3-8H,1-2H3,(H,13,14). The molecule has 0 radical (unpaired) electrons. The Bertz CT molecular complexity index is 524. The van der Waals surface area contributed by atoms with E-state index in [4.69, 9.17) is 5.11 Å². The van der Waals surface area contributed by atoms with E-state index < -0.39 is 27.0 Å². The first-order chi connectivity index (χ1) is 7.76. The van der Waals surface area contributed by atoms with E-state index in [0.29, 0.717) is 4.47 Å². The van der Waals surface area contributed by atoms with Crippen molar-refractivity contribution in [2.75, 3.05) is 0 Å². The lowest BCUT2D eigenvalue weighted by Gasteiger charge is -2.16. The van der Waals surface area contributed by atoms with Crippen molar-refractivity contribution in [2.45, 2.75) is 24.0 Å². The zero-order chi connectivity index (χ0) is 13.2. The normalized spacial score (nSPS) is 15.2. The molecular formula is C11H13BrO4S. The smallest absolute Gasteiger partial charge is 0.307 e. The molecule has 17 heavy (non-hydrogen) atoms. The van der Waals surface area contributed by atoms with Gasteiger partial charge < -0.3 is 5.11 Å². The Kier molecular flexibility index (Phi) is 4.32. The summed E-state index contributed by atoms with van der Waals surface area (Å²) in [5.41, 5.74) is 0. The summed E-state index contributed by atoms with van der Waals surface area (Å²) in [6, 6.07) is 6.25. The van der Waals surface area contributed by atoms with E-state index in [1.165, 1.54) is 26.0 Å². The number of carboxylic acid groups (broad SMARTS) is 1. The molecular weight excluding hydrogens is 308 g/mol. The Morgan fingerprint density at radius 3 is 2.41 bits per heavy atom. The number of carbonyl (C=O) groups is 1. The zero-order valence-corrected chi connectivity index (χ0v) is 11.8. The van der Waals surface area contributed by atoms with Crippen LogP contribution in [-0.2, 0) is 14.6 Å². The summed E-state index contributed by atoms with van der Waals surface area (Å²) in [6.07, 6.45) is 0. The second-order valence-electron chi connectivity index (χ2n) is 3.83. The van der Waals surface area contributed by atoms with E-state index in [2.05, 4.69) is 15.9 Å². The minimum atomic E-state index is -3.62. The quantitative estimate of drug-likeness (QED) is 0.924. The van der Waals surface area contributed by atoms with E-state index in [-0.39, 0.29) is 4.90 Å². The molecule has 0 amide bonds. The molecule has 0 saturated carbocycles. The molecule has 0 aliphatic carbocycles. The molecule has 2 atom stereocenters. The van der Waals surface area contributed by atoms with Crippen molar-refractivity contribution in [3.63, 3.8) is 0 Å². The second kappa shape index (κ2) is 5.18. The van der Waals surface area contributed by atoms with Gasteiger partial charge in [0.2, 0.25) is 0 Å². The summed E-state index contributed by atoms with van der Waals surface area (Å²) in [5.74, 6) is -2.06. The fraction of sp³-hybridized carbons (Fsp3) is 0.364. The number of hydrogen-bond acceptors (Lipinski definition) is 3. The van der Waals surface area contributed by atoms with Crippen LogP contribution in [0, 0.1) is 5.92 Å². The van der Waals surface area contributed by atoms with E-state index in [1.807, 2.05) is 0 Å². The summed E-state index contributed by atoms with van der Waals surface area (Å²) in [4.78, 5) is 10.9. The van der Waals surface area contributed by atoms with Gasteiger partial charge in [-0.2, -0.15) is 0 Å². The maximum absolute atomic E-state index is 12.1. The van der Waals surface area contributed by atoms with Crippen molar-refractivity contribution in [3.8, 4) is 0 Å². The minimum absolute atomic E-state index is 0.132. The Morgan fingerprint density at radius 1 is 1.35 bits per heavy atom. The molecule has 0 saturated heterocycles. The lowest BCUT2D eigenvalue weighted by Crippen LogP contribution is -2.30. The monoisotopic (exact) mass is 320 g/mol. The number of rotatable bonds is 4. The molecule has 0 aliphatic rings. The van der Waals surface area contributed by atoms with Gasteiger partial charge in [-0.15, -0.1) is 0 Å². The van der Waals surface area contributed by atoms with Gasteiger partial charge in [-0.1, -0.05) is 28.9 Å². The topological polar surface area (TPSA) is 71.4 Å². The molecule has 4 nitrogen and oxygen atoms in total. The zero-order valence-electron chi connectivity index (χ0n) is 9.42. The van der Waals surface area contributed by atoms with E-state index in [0.717, 1.165) is 0 Å². The fourth-order valence-corrected chi connectivity index (χ4v) is 3.52. The molecule has 94 valence electrons. The van der Waals surface area contributed by atoms with Gasteiger partial charge in [-0.3, -0.25) is 4.79 Å². The van der Waals surface area contributed by atoms with Crippen molar-refractivity contribution < 1.29 is 18.3 Å². The highest BCUT2D eigenvalue weighted by molar-refractivity contribution is 9.10. The largest absolute Gasteiger partial charge is 0.481 e. The van der Waals surface area contributed by atoms with Crippen LogP contribution in [0.1, 0.15) is 13.8 Å². The fourth-order valence-electron chi connectivity index (χ4n) is 1.33. The summed E-state index contributed by atoms with van der Waals surface area (Å²) >= 11 is 3.19. The number of carboxylic acids is 1. The molecule has 6 heteroatoms. The first-order valence-corrected chi connectivity index (χ1v) is 7.33. The summed E-state index contributed by atoms with van der Waals surface area (Å²) in [5, 5.41) is 7.88. The molecule has 1 rings (SSSR count). The van der Waals surface area contributed by atoms with Gasteiger partial charge in [0, 0.05) is 4.47 Å². The third-order valence-electron chi connectivity index (χ3n) is 2.71. The molecule has 0 heterocycles. The van der Waals surface area contributed by atoms with Gasteiger partial charge in [-0.05, 0) is 25.1 Å². The highest BCUT2D eigenvalue weighted by atomic mass is 79.9. The number of sulfone groups is 1. The predicted octanol–water partition coefficient (Wildman–Crippen LogP) is 2.33. The number of aliphatic carboxylic acids is 1. The third-order valence-corrected chi connectivity index (χ3v) is 5.50. The van der Waals surface area contributed by atoms with Crippen LogP contribution >= 0.6 is 15.9 Å². The van der Waals surface area contributed by atoms with E-state index >= 15 is 0 Å². The van der Waals surface area contributed by atoms with Crippen molar-refractivity contribution in [1.29, 1.82) is 0 Å². The Labute approximate surface area is 109 Å². The average Bonchev–Trinajstić information content (AvgIpc) is 2.26. The summed E-state index contributed by atoms with van der Waals surface area (Å²) in [6.45, 7) is 2.80. The average molecular weight is 321 g/mol. The maximum Gasteiger partial charge on any atom is 0.307 e. The number of benzene rings is 1. The highest BCUT2D eigenvalue weighted by Crippen LogP contribution is 2.24. The van der Waals surface area contributed by atoms with Crippen molar-refractivity contribution in [1.82, 2.24) is 0 Å². The van der Waals surface area contributed by atoms with Gasteiger partial charge >= 0.3 is 5.97 Å². The second-order valence-corrected chi connectivity index (χ2v) is 7.06. The van der Waals surface area contributed by atoms with Crippen LogP contribution in [0.2, 0.25) is 0 Å². The van der Waals surface area contributed by atoms with Crippen LogP contribution in [0.3, 0.4) is 0 Å². The van der Waals surface area contributed by atoms with Crippen LogP contribution in [0.15, 0.2) is 33.6 Å². The third kappa shape index (κ3) is 3.07. The van der Waals surface area contributed by atoms with Gasteiger partial charge in [0.05, 0.1) is 16.1 Å². The maximum atomic E-state index is 12.1. The van der Waals surface area contributed by atoms with Crippen molar-refractivity contribution in [2.24, 2.45) is 5.92 Å². The van der Waals surface area contributed by atoms with Crippen LogP contribution < -0.4 is 0 Å². The highest BCUT2D eigenvalue weighted by Gasteiger charge is 2.32. The van der Waals surface area contributed by atoms with Crippen molar-refractivity contribution >= 4 is 31.7 Å². The molecule has 1 aromatic carbocycles. The van der Waals surface area contributed by atoms with Gasteiger partial charge in [0.25, 0.3) is 0 Å². The Morgan fingerprint density at radius 2 is 1.94 bits per heavy atom. The van der Waals surface area contributed by atoms with Crippen LogP contribution in [-0.4, -0.2) is 24.7 Å². The Hall–Kier alpha value is -0.880. The lowest BCUT2D eigenvalue weighted by atomic mass is 10.1. The predicted molar refractivity (Wildman–Crippen MR) is 67.6 cm³/mol. The molecule has 0 spiro atoms. The molecule has 1 aromatic rings. The van der Waals surface area contributed by atoms with Gasteiger partial charge in [-0.25, -0.2) is 8.42 Å². The first-order valence-electron chi connectivity index (χ1n) is 4.99. The van der Waals surface area contributed by atoms with E-state index in [1.54, 1.807) is 12.1 Å². The molecule has 1 N–H and O–H groups in total. The molecule has 0 bridgehead atoms. The SMILES string of the molecule is CC(C(=O)O)C(C)S(=O)(=O)c1cccc(Br)c1. The molecule has 0 aliphatic heterocycles.